The van der Waals surface area contributed by atoms with E-state index in [-0.39, 0.29) is 6.61 Å². The number of rotatable bonds is 6. The minimum atomic E-state index is -0.727. The summed E-state index contributed by atoms with van der Waals surface area (Å²) in [6.07, 6.45) is 5.50. The number of ether oxygens (including phenoxy) is 1. The minimum Gasteiger partial charge on any atom is -0.489 e. The van der Waals surface area contributed by atoms with E-state index in [1.165, 1.54) is 0 Å². The third-order valence-corrected chi connectivity index (χ3v) is 3.93. The molecule has 126 valence electrons. The number of hydrogen-bond donors (Lipinski definition) is 2. The highest BCUT2D eigenvalue weighted by atomic mass is 16.5. The maximum atomic E-state index is 11.4. The van der Waals surface area contributed by atoms with Crippen LogP contribution in [0.5, 0.6) is 5.75 Å². The number of nitrogens with two attached hydrogens (primary N) is 1. The van der Waals surface area contributed by atoms with Gasteiger partial charge in [0.2, 0.25) is 5.91 Å². The van der Waals surface area contributed by atoms with Crippen LogP contribution in [-0.4, -0.2) is 41.7 Å². The number of carbonyl (C=O) groups excluding carboxylic acids is 1. The predicted molar refractivity (Wildman–Crippen MR) is 90.4 cm³/mol. The SMILES string of the molecule is Cc1cc2cc(OCC3=CC=CN(C(CO)C(N)=O)C3)ccc2o1. The third-order valence-electron chi connectivity index (χ3n) is 3.93. The zero-order valence-corrected chi connectivity index (χ0v) is 13.4. The molecule has 1 aliphatic heterocycles. The molecule has 1 aromatic carbocycles. The van der Waals surface area contributed by atoms with Gasteiger partial charge in [-0.1, -0.05) is 6.08 Å². The molecule has 6 heteroatoms. The molecule has 0 spiro atoms. The Morgan fingerprint density at radius 3 is 3.04 bits per heavy atom. The van der Waals surface area contributed by atoms with Gasteiger partial charge >= 0.3 is 0 Å². The summed E-state index contributed by atoms with van der Waals surface area (Å²) in [5.41, 5.74) is 7.13. The molecule has 0 fully saturated rings. The van der Waals surface area contributed by atoms with Crippen LogP contribution in [0.25, 0.3) is 11.0 Å². The quantitative estimate of drug-likeness (QED) is 0.843. The molecular weight excluding hydrogens is 308 g/mol. The van der Waals surface area contributed by atoms with Gasteiger partial charge in [-0.3, -0.25) is 4.79 Å². The molecule has 3 N–H and O–H groups in total. The maximum absolute atomic E-state index is 11.4. The third kappa shape index (κ3) is 3.44. The van der Waals surface area contributed by atoms with Crippen LogP contribution < -0.4 is 10.5 Å². The van der Waals surface area contributed by atoms with Crippen LogP contribution >= 0.6 is 0 Å². The van der Waals surface area contributed by atoms with Crippen LogP contribution in [0.2, 0.25) is 0 Å². The lowest BCUT2D eigenvalue weighted by Gasteiger charge is -2.29. The number of aliphatic hydroxyl groups is 1. The van der Waals surface area contributed by atoms with Gasteiger partial charge in [0.05, 0.1) is 6.61 Å². The number of aliphatic hydroxyl groups excluding tert-OH is 1. The van der Waals surface area contributed by atoms with Crippen molar-refractivity contribution in [3.8, 4) is 5.75 Å². The molecule has 1 atom stereocenters. The number of allylic oxidation sites excluding steroid dienone is 2. The Bertz CT molecular complexity index is 806. The van der Waals surface area contributed by atoms with Crippen LogP contribution in [0.3, 0.4) is 0 Å². The van der Waals surface area contributed by atoms with Crippen molar-refractivity contribution >= 4 is 16.9 Å². The summed E-state index contributed by atoms with van der Waals surface area (Å²) in [6, 6.07) is 6.92. The lowest BCUT2D eigenvalue weighted by Crippen LogP contribution is -2.46. The first-order valence-electron chi connectivity index (χ1n) is 7.72. The fourth-order valence-electron chi connectivity index (χ4n) is 2.72. The van der Waals surface area contributed by atoms with Crippen molar-refractivity contribution in [2.45, 2.75) is 13.0 Å². The number of nitrogens with zero attached hydrogens (tertiary/aromatic N) is 1. The normalized spacial score (nSPS) is 15.4. The number of primary amides is 1. The molecule has 2 aromatic rings. The maximum Gasteiger partial charge on any atom is 0.242 e. The number of carbonyl (C=O) groups is 1. The van der Waals surface area contributed by atoms with Crippen molar-refractivity contribution in [1.29, 1.82) is 0 Å². The molecule has 1 aliphatic rings. The van der Waals surface area contributed by atoms with Gasteiger partial charge in [0, 0.05) is 18.1 Å². The van der Waals surface area contributed by atoms with Gasteiger partial charge in [-0.15, -0.1) is 0 Å². The van der Waals surface area contributed by atoms with Crippen LogP contribution in [-0.2, 0) is 4.79 Å². The molecule has 2 heterocycles. The Kier molecular flexibility index (Phi) is 4.57. The van der Waals surface area contributed by atoms with Gasteiger partial charge in [-0.05, 0) is 42.8 Å². The summed E-state index contributed by atoms with van der Waals surface area (Å²) in [5.74, 6) is 1.06. The standard InChI is InChI=1S/C18H20N2O4/c1-12-7-14-8-15(4-5-17(14)24-12)23-11-13-3-2-6-20(9-13)16(10-21)18(19)22/h2-8,16,21H,9-11H2,1H3,(H2,19,22). The summed E-state index contributed by atoms with van der Waals surface area (Å²) < 4.78 is 11.4. The van der Waals surface area contributed by atoms with Gasteiger partial charge < -0.3 is 24.9 Å². The molecule has 0 bridgehead atoms. The second-order valence-electron chi connectivity index (χ2n) is 5.78. The predicted octanol–water partition coefficient (Wildman–Crippen LogP) is 1.72. The van der Waals surface area contributed by atoms with Crippen LogP contribution in [0.4, 0.5) is 0 Å². The topological polar surface area (TPSA) is 88.9 Å². The lowest BCUT2D eigenvalue weighted by molar-refractivity contribution is -0.123. The van der Waals surface area contributed by atoms with Crippen LogP contribution in [0, 0.1) is 6.92 Å². The fraction of sp³-hybridized carbons (Fsp3) is 0.278. The Hall–Kier alpha value is -2.73. The van der Waals surface area contributed by atoms with E-state index in [4.69, 9.17) is 14.9 Å². The van der Waals surface area contributed by atoms with Gasteiger partial charge in [-0.25, -0.2) is 0 Å². The molecule has 1 aromatic heterocycles. The lowest BCUT2D eigenvalue weighted by atomic mass is 10.1. The summed E-state index contributed by atoms with van der Waals surface area (Å²) in [4.78, 5) is 13.1. The van der Waals surface area contributed by atoms with E-state index in [9.17, 15) is 9.90 Å². The number of benzene rings is 1. The molecule has 0 aliphatic carbocycles. The van der Waals surface area contributed by atoms with E-state index in [1.807, 2.05) is 43.3 Å². The summed E-state index contributed by atoms with van der Waals surface area (Å²) in [6.45, 7) is 2.47. The second-order valence-corrected chi connectivity index (χ2v) is 5.78. The van der Waals surface area contributed by atoms with E-state index in [0.717, 1.165) is 28.1 Å². The minimum absolute atomic E-state index is 0.315. The number of aryl methyl sites for hydroxylation is 1. The number of hydrogen-bond acceptors (Lipinski definition) is 5. The molecule has 6 nitrogen and oxygen atoms in total. The van der Waals surface area contributed by atoms with Crippen molar-refractivity contribution in [1.82, 2.24) is 4.90 Å². The van der Waals surface area contributed by atoms with Gasteiger partial charge in [-0.2, -0.15) is 0 Å². The first kappa shape index (κ1) is 16.1. The molecule has 0 radical (unpaired) electrons. The summed E-state index contributed by atoms with van der Waals surface area (Å²) in [7, 11) is 0. The summed E-state index contributed by atoms with van der Waals surface area (Å²) >= 11 is 0. The van der Waals surface area contributed by atoms with Crippen molar-refractivity contribution in [3.05, 3.63) is 54.0 Å². The zero-order chi connectivity index (χ0) is 17.1. The smallest absolute Gasteiger partial charge is 0.242 e. The van der Waals surface area contributed by atoms with Gasteiger partial charge in [0.15, 0.2) is 0 Å². The van der Waals surface area contributed by atoms with Crippen molar-refractivity contribution in [2.24, 2.45) is 5.73 Å². The van der Waals surface area contributed by atoms with Crippen molar-refractivity contribution < 1.29 is 19.1 Å². The Morgan fingerprint density at radius 1 is 1.46 bits per heavy atom. The van der Waals surface area contributed by atoms with Crippen LogP contribution in [0.1, 0.15) is 5.76 Å². The Morgan fingerprint density at radius 2 is 2.29 bits per heavy atom. The monoisotopic (exact) mass is 328 g/mol. The molecule has 0 saturated heterocycles. The second kappa shape index (κ2) is 6.80. The molecule has 0 saturated carbocycles. The van der Waals surface area contributed by atoms with E-state index in [2.05, 4.69) is 0 Å². The zero-order valence-electron chi connectivity index (χ0n) is 13.4. The molecule has 1 unspecified atom stereocenters. The van der Waals surface area contributed by atoms with E-state index in [1.54, 1.807) is 11.1 Å². The highest BCUT2D eigenvalue weighted by Crippen LogP contribution is 2.24. The first-order chi connectivity index (χ1) is 11.6. The largest absolute Gasteiger partial charge is 0.489 e. The highest BCUT2D eigenvalue weighted by molar-refractivity contribution is 5.80. The number of fused-ring (bicyclic) bond motifs is 1. The molecule has 1 amide bonds. The van der Waals surface area contributed by atoms with E-state index < -0.39 is 11.9 Å². The molecule has 24 heavy (non-hydrogen) atoms. The van der Waals surface area contributed by atoms with E-state index >= 15 is 0 Å². The highest BCUT2D eigenvalue weighted by Gasteiger charge is 2.22. The van der Waals surface area contributed by atoms with Gasteiger partial charge in [0.25, 0.3) is 0 Å². The van der Waals surface area contributed by atoms with E-state index in [0.29, 0.717) is 13.2 Å². The van der Waals surface area contributed by atoms with Gasteiger partial charge in [0.1, 0.15) is 29.7 Å². The fourth-order valence-corrected chi connectivity index (χ4v) is 2.72. The van der Waals surface area contributed by atoms with Crippen molar-refractivity contribution in [2.75, 3.05) is 19.8 Å². The Labute approximate surface area is 139 Å². The first-order valence-corrected chi connectivity index (χ1v) is 7.72. The Balaban J connectivity index is 1.64. The van der Waals surface area contributed by atoms with Crippen molar-refractivity contribution in [3.63, 3.8) is 0 Å². The number of furan rings is 1. The molecule has 3 rings (SSSR count). The van der Waals surface area contributed by atoms with Crippen LogP contribution in [0.15, 0.2) is 52.6 Å². The average molecular weight is 328 g/mol. The average Bonchev–Trinajstić information content (AvgIpc) is 2.93. The number of amides is 1. The molecular formula is C18H20N2O4. The summed E-state index contributed by atoms with van der Waals surface area (Å²) in [5, 5.41) is 10.3.